The van der Waals surface area contributed by atoms with Gasteiger partial charge in [-0.1, -0.05) is 17.7 Å². The molecule has 0 spiro atoms. The fourth-order valence-corrected chi connectivity index (χ4v) is 2.14. The van der Waals surface area contributed by atoms with Crippen LogP contribution < -0.4 is 10.1 Å². The average Bonchev–Trinajstić information content (AvgIpc) is 3.14. The predicted octanol–water partition coefficient (Wildman–Crippen LogP) is 3.60. The lowest BCUT2D eigenvalue weighted by Gasteiger charge is -2.09. The Morgan fingerprint density at radius 1 is 1.17 bits per heavy atom. The molecule has 2 nitrogen and oxygen atoms in total. The number of hydrogen-bond acceptors (Lipinski definition) is 2. The summed E-state index contributed by atoms with van der Waals surface area (Å²) in [6, 6.07) is 7.22. The van der Waals surface area contributed by atoms with E-state index in [0.717, 1.165) is 24.8 Å². The highest BCUT2D eigenvalue weighted by molar-refractivity contribution is 5.35. The van der Waals surface area contributed by atoms with E-state index in [0.29, 0.717) is 0 Å². The highest BCUT2D eigenvalue weighted by Gasteiger charge is 2.19. The van der Waals surface area contributed by atoms with Crippen molar-refractivity contribution in [3.05, 3.63) is 29.3 Å². The van der Waals surface area contributed by atoms with Gasteiger partial charge >= 0.3 is 0 Å². The lowest BCUT2D eigenvalue weighted by Crippen LogP contribution is -2.17. The number of rotatable bonds is 8. The zero-order valence-corrected chi connectivity index (χ0v) is 11.7. The van der Waals surface area contributed by atoms with Crippen LogP contribution in [0.4, 0.5) is 0 Å². The van der Waals surface area contributed by atoms with Crippen LogP contribution >= 0.6 is 0 Å². The smallest absolute Gasteiger partial charge is 0.122 e. The van der Waals surface area contributed by atoms with Gasteiger partial charge < -0.3 is 10.1 Å². The van der Waals surface area contributed by atoms with E-state index >= 15 is 0 Å². The molecule has 0 radical (unpaired) electrons. The van der Waals surface area contributed by atoms with Crippen molar-refractivity contribution in [3.63, 3.8) is 0 Å². The van der Waals surface area contributed by atoms with Crippen LogP contribution in [-0.4, -0.2) is 19.2 Å². The minimum Gasteiger partial charge on any atom is -0.493 e. The van der Waals surface area contributed by atoms with Gasteiger partial charge in [0.15, 0.2) is 0 Å². The minimum atomic E-state index is 0.841. The maximum Gasteiger partial charge on any atom is 0.122 e. The molecule has 0 unspecified atom stereocenters. The fraction of sp³-hybridized carbons (Fsp3) is 0.625. The topological polar surface area (TPSA) is 21.3 Å². The van der Waals surface area contributed by atoms with Crippen molar-refractivity contribution in [3.8, 4) is 5.75 Å². The summed E-state index contributed by atoms with van der Waals surface area (Å²) in [5.41, 5.74) is 2.54. The third-order valence-corrected chi connectivity index (χ3v) is 3.42. The Balaban J connectivity index is 1.53. The molecule has 2 heteroatoms. The van der Waals surface area contributed by atoms with Crippen LogP contribution in [0.2, 0.25) is 0 Å². The molecule has 0 aromatic heterocycles. The Hall–Kier alpha value is -1.02. The Labute approximate surface area is 111 Å². The van der Waals surface area contributed by atoms with Gasteiger partial charge in [0.1, 0.15) is 5.75 Å². The van der Waals surface area contributed by atoms with E-state index in [4.69, 9.17) is 4.74 Å². The van der Waals surface area contributed by atoms with Gasteiger partial charge in [0.25, 0.3) is 0 Å². The second kappa shape index (κ2) is 6.79. The van der Waals surface area contributed by atoms with Crippen LogP contribution in [0, 0.1) is 13.8 Å². The van der Waals surface area contributed by atoms with Crippen LogP contribution in [0.1, 0.15) is 43.2 Å². The summed E-state index contributed by atoms with van der Waals surface area (Å²) < 4.78 is 5.81. The minimum absolute atomic E-state index is 0.841. The van der Waals surface area contributed by atoms with Gasteiger partial charge in [-0.2, -0.15) is 0 Å². The summed E-state index contributed by atoms with van der Waals surface area (Å²) in [7, 11) is 0. The fourth-order valence-electron chi connectivity index (χ4n) is 2.14. The van der Waals surface area contributed by atoms with Crippen molar-refractivity contribution >= 4 is 0 Å². The molecule has 0 heterocycles. The number of hydrogen-bond donors (Lipinski definition) is 1. The van der Waals surface area contributed by atoms with Gasteiger partial charge in [-0.25, -0.2) is 0 Å². The van der Waals surface area contributed by atoms with Gasteiger partial charge in [-0.3, -0.25) is 0 Å². The van der Waals surface area contributed by atoms with Gasteiger partial charge in [-0.05, 0) is 64.1 Å². The Morgan fingerprint density at radius 3 is 2.72 bits per heavy atom. The third-order valence-electron chi connectivity index (χ3n) is 3.42. The average molecular weight is 247 g/mol. The standard InChI is InChI=1S/C16H25NO/c1-13-6-9-16(14(2)12-13)18-11-5-3-4-10-17-15-7-8-15/h6,9,12,15,17H,3-5,7-8,10-11H2,1-2H3. The van der Waals surface area contributed by atoms with E-state index < -0.39 is 0 Å². The van der Waals surface area contributed by atoms with Gasteiger partial charge in [0, 0.05) is 6.04 Å². The van der Waals surface area contributed by atoms with Crippen LogP contribution in [-0.2, 0) is 0 Å². The summed E-state index contributed by atoms with van der Waals surface area (Å²) >= 11 is 0. The van der Waals surface area contributed by atoms with E-state index in [1.54, 1.807) is 0 Å². The second-order valence-corrected chi connectivity index (χ2v) is 5.41. The first-order valence-electron chi connectivity index (χ1n) is 7.19. The number of unbranched alkanes of at least 4 members (excludes halogenated alkanes) is 2. The Kier molecular flexibility index (Phi) is 5.06. The number of nitrogens with one attached hydrogen (secondary N) is 1. The molecule has 0 bridgehead atoms. The summed E-state index contributed by atoms with van der Waals surface area (Å²) in [5.74, 6) is 1.04. The molecule has 1 aromatic rings. The van der Waals surface area contributed by atoms with E-state index in [2.05, 4.69) is 37.4 Å². The third kappa shape index (κ3) is 4.69. The molecule has 1 aliphatic rings. The zero-order valence-electron chi connectivity index (χ0n) is 11.7. The van der Waals surface area contributed by atoms with Crippen molar-refractivity contribution < 1.29 is 4.74 Å². The molecule has 0 amide bonds. The van der Waals surface area contributed by atoms with E-state index in [9.17, 15) is 0 Å². The molecule has 0 atom stereocenters. The molecule has 0 saturated heterocycles. The normalized spacial score (nSPS) is 14.8. The highest BCUT2D eigenvalue weighted by atomic mass is 16.5. The molecule has 100 valence electrons. The Morgan fingerprint density at radius 2 is 2.00 bits per heavy atom. The molecular formula is C16H25NO. The molecule has 1 aromatic carbocycles. The molecule has 2 rings (SSSR count). The molecule has 1 N–H and O–H groups in total. The lowest BCUT2D eigenvalue weighted by molar-refractivity contribution is 0.303. The first-order chi connectivity index (χ1) is 8.75. The summed E-state index contributed by atoms with van der Waals surface area (Å²) in [5, 5.41) is 3.54. The quantitative estimate of drug-likeness (QED) is 0.709. The lowest BCUT2D eigenvalue weighted by atomic mass is 10.1. The van der Waals surface area contributed by atoms with Crippen molar-refractivity contribution in [2.24, 2.45) is 0 Å². The van der Waals surface area contributed by atoms with Crippen molar-refractivity contribution in [1.82, 2.24) is 5.32 Å². The molecule has 18 heavy (non-hydrogen) atoms. The van der Waals surface area contributed by atoms with Crippen molar-refractivity contribution in [2.45, 2.75) is 52.0 Å². The summed E-state index contributed by atoms with van der Waals surface area (Å²) in [6.07, 6.45) is 6.45. The van der Waals surface area contributed by atoms with Crippen LogP contribution in [0.25, 0.3) is 0 Å². The largest absolute Gasteiger partial charge is 0.493 e. The molecule has 0 aliphatic heterocycles. The number of aryl methyl sites for hydroxylation is 2. The van der Waals surface area contributed by atoms with Crippen LogP contribution in [0.5, 0.6) is 5.75 Å². The molecule has 1 aliphatic carbocycles. The van der Waals surface area contributed by atoms with Gasteiger partial charge in [0.05, 0.1) is 6.61 Å². The first kappa shape index (κ1) is 13.4. The van der Waals surface area contributed by atoms with E-state index in [-0.39, 0.29) is 0 Å². The van der Waals surface area contributed by atoms with Gasteiger partial charge in [0.2, 0.25) is 0 Å². The predicted molar refractivity (Wildman–Crippen MR) is 76.3 cm³/mol. The Bertz CT molecular complexity index is 371. The monoisotopic (exact) mass is 247 g/mol. The van der Waals surface area contributed by atoms with Crippen molar-refractivity contribution in [2.75, 3.05) is 13.2 Å². The van der Waals surface area contributed by atoms with E-state index in [1.807, 2.05) is 0 Å². The summed E-state index contributed by atoms with van der Waals surface area (Å²) in [4.78, 5) is 0. The number of benzene rings is 1. The zero-order chi connectivity index (χ0) is 12.8. The van der Waals surface area contributed by atoms with E-state index in [1.165, 1.54) is 43.4 Å². The molecule has 1 saturated carbocycles. The highest BCUT2D eigenvalue weighted by Crippen LogP contribution is 2.19. The second-order valence-electron chi connectivity index (χ2n) is 5.41. The maximum absolute atomic E-state index is 5.81. The van der Waals surface area contributed by atoms with Crippen LogP contribution in [0.3, 0.4) is 0 Å². The molecular weight excluding hydrogens is 222 g/mol. The number of ether oxygens (including phenoxy) is 1. The first-order valence-corrected chi connectivity index (χ1v) is 7.19. The SMILES string of the molecule is Cc1ccc(OCCCCCNC2CC2)c(C)c1. The van der Waals surface area contributed by atoms with Gasteiger partial charge in [-0.15, -0.1) is 0 Å². The van der Waals surface area contributed by atoms with Crippen molar-refractivity contribution in [1.29, 1.82) is 0 Å². The molecule has 1 fully saturated rings. The van der Waals surface area contributed by atoms with Crippen LogP contribution in [0.15, 0.2) is 18.2 Å². The summed E-state index contributed by atoms with van der Waals surface area (Å²) in [6.45, 7) is 6.24. The maximum atomic E-state index is 5.81.